The monoisotopic (exact) mass is 277 g/mol. The minimum atomic E-state index is 0.426. The quantitative estimate of drug-likeness (QED) is 0.851. The molecule has 2 N–H and O–H groups in total. The molecule has 0 amide bonds. The molecule has 0 spiro atoms. The van der Waals surface area contributed by atoms with E-state index in [-0.39, 0.29) is 0 Å². The summed E-state index contributed by atoms with van der Waals surface area (Å²) in [6, 6.07) is 7.68. The van der Waals surface area contributed by atoms with E-state index >= 15 is 0 Å². The highest BCUT2D eigenvalue weighted by Gasteiger charge is 2.09. The average molecular weight is 277 g/mol. The van der Waals surface area contributed by atoms with E-state index in [2.05, 4.69) is 10.2 Å². The number of nitrogen functional groups attached to an aromatic ring is 1. The van der Waals surface area contributed by atoms with E-state index in [1.165, 1.54) is 11.3 Å². The summed E-state index contributed by atoms with van der Waals surface area (Å²) >= 11 is 1.30. The molecule has 0 radical (unpaired) electrons. The van der Waals surface area contributed by atoms with Gasteiger partial charge in [-0.05, 0) is 30.7 Å². The van der Waals surface area contributed by atoms with E-state index in [1.807, 2.05) is 37.3 Å². The Kier molecular flexibility index (Phi) is 4.35. The van der Waals surface area contributed by atoms with E-state index in [1.54, 1.807) is 7.11 Å². The number of nitrogens with two attached hydrogens (primary N) is 1. The number of nitrogens with zero attached hydrogens (tertiary/aromatic N) is 2. The summed E-state index contributed by atoms with van der Waals surface area (Å²) in [4.78, 5) is 0. The fraction of sp³-hybridized carbons (Fsp3) is 0.231. The molecule has 0 saturated carbocycles. The third-order valence-corrected chi connectivity index (χ3v) is 3.13. The number of rotatable bonds is 5. The van der Waals surface area contributed by atoms with Crippen LogP contribution in [0.2, 0.25) is 0 Å². The standard InChI is InChI=1S/C13H15N3O2S/c1-3-18-11(12-15-16-13(14)19-12)8-9-4-6-10(17-2)7-5-9/h4-8H,3H2,1-2H3,(H2,14,16)/b11-8-. The molecular formula is C13H15N3O2S. The molecule has 0 atom stereocenters. The summed E-state index contributed by atoms with van der Waals surface area (Å²) < 4.78 is 10.7. The van der Waals surface area contributed by atoms with Crippen molar-refractivity contribution >= 4 is 28.3 Å². The lowest BCUT2D eigenvalue weighted by atomic mass is 10.2. The topological polar surface area (TPSA) is 70.3 Å². The number of hydrogen-bond donors (Lipinski definition) is 1. The SMILES string of the molecule is CCO/C(=C\c1ccc(OC)cc1)c1nnc(N)s1. The first-order valence-corrected chi connectivity index (χ1v) is 6.62. The molecule has 2 rings (SSSR count). The Hall–Kier alpha value is -2.08. The van der Waals surface area contributed by atoms with Crippen LogP contribution in [0.5, 0.6) is 5.75 Å². The molecule has 1 aromatic carbocycles. The number of benzene rings is 1. The smallest absolute Gasteiger partial charge is 0.203 e. The number of aromatic nitrogens is 2. The highest BCUT2D eigenvalue weighted by atomic mass is 32.1. The van der Waals surface area contributed by atoms with Crippen molar-refractivity contribution in [1.29, 1.82) is 0 Å². The lowest BCUT2D eigenvalue weighted by molar-refractivity contribution is 0.300. The second-order valence-electron chi connectivity index (χ2n) is 3.66. The third kappa shape index (κ3) is 3.45. The zero-order valence-electron chi connectivity index (χ0n) is 10.8. The molecule has 0 saturated heterocycles. The predicted molar refractivity (Wildman–Crippen MR) is 76.8 cm³/mol. The van der Waals surface area contributed by atoms with Gasteiger partial charge in [-0.3, -0.25) is 0 Å². The van der Waals surface area contributed by atoms with Crippen LogP contribution in [0.3, 0.4) is 0 Å². The zero-order chi connectivity index (χ0) is 13.7. The molecule has 0 aliphatic rings. The maximum atomic E-state index is 5.59. The number of anilines is 1. The molecule has 0 bridgehead atoms. The Morgan fingerprint density at radius 1 is 1.32 bits per heavy atom. The average Bonchev–Trinajstić information content (AvgIpc) is 2.86. The van der Waals surface area contributed by atoms with Gasteiger partial charge in [-0.1, -0.05) is 23.5 Å². The van der Waals surface area contributed by atoms with E-state index in [0.717, 1.165) is 11.3 Å². The highest BCUT2D eigenvalue weighted by Crippen LogP contribution is 2.24. The molecular weight excluding hydrogens is 262 g/mol. The zero-order valence-corrected chi connectivity index (χ0v) is 11.6. The summed E-state index contributed by atoms with van der Waals surface area (Å²) in [7, 11) is 1.64. The van der Waals surface area contributed by atoms with Gasteiger partial charge >= 0.3 is 0 Å². The molecule has 1 heterocycles. The molecule has 1 aromatic heterocycles. The maximum Gasteiger partial charge on any atom is 0.203 e. The molecule has 0 aliphatic heterocycles. The first-order valence-electron chi connectivity index (χ1n) is 5.81. The van der Waals surface area contributed by atoms with Crippen molar-refractivity contribution in [2.75, 3.05) is 19.5 Å². The maximum absolute atomic E-state index is 5.59. The van der Waals surface area contributed by atoms with Gasteiger partial charge < -0.3 is 15.2 Å². The van der Waals surface area contributed by atoms with E-state index < -0.39 is 0 Å². The lowest BCUT2D eigenvalue weighted by Gasteiger charge is -2.05. The van der Waals surface area contributed by atoms with Crippen molar-refractivity contribution in [3.8, 4) is 5.75 Å². The summed E-state index contributed by atoms with van der Waals surface area (Å²) in [6.07, 6.45) is 1.91. The molecule has 100 valence electrons. The normalized spacial score (nSPS) is 11.4. The van der Waals surface area contributed by atoms with Crippen LogP contribution in [0, 0.1) is 0 Å². The largest absolute Gasteiger partial charge is 0.497 e. The van der Waals surface area contributed by atoms with E-state index in [0.29, 0.717) is 22.5 Å². The van der Waals surface area contributed by atoms with Crippen LogP contribution >= 0.6 is 11.3 Å². The first kappa shape index (κ1) is 13.4. The van der Waals surface area contributed by atoms with Gasteiger partial charge in [0.05, 0.1) is 13.7 Å². The predicted octanol–water partition coefficient (Wildman–Crippen LogP) is 2.66. The molecule has 0 fully saturated rings. The van der Waals surface area contributed by atoms with Crippen LogP contribution in [0.1, 0.15) is 17.5 Å². The van der Waals surface area contributed by atoms with Crippen LogP contribution in [0.4, 0.5) is 5.13 Å². The Bertz CT molecular complexity index is 564. The molecule has 0 unspecified atom stereocenters. The van der Waals surface area contributed by atoms with Crippen molar-refractivity contribution in [3.05, 3.63) is 34.8 Å². The van der Waals surface area contributed by atoms with E-state index in [4.69, 9.17) is 15.2 Å². The van der Waals surface area contributed by atoms with Gasteiger partial charge in [-0.2, -0.15) is 0 Å². The van der Waals surface area contributed by atoms with Gasteiger partial charge in [-0.25, -0.2) is 0 Å². The van der Waals surface area contributed by atoms with Crippen LogP contribution in [-0.2, 0) is 4.74 Å². The summed E-state index contributed by atoms with van der Waals surface area (Å²) in [5.74, 6) is 1.48. The Morgan fingerprint density at radius 2 is 2.05 bits per heavy atom. The lowest BCUT2D eigenvalue weighted by Crippen LogP contribution is -1.91. The van der Waals surface area contributed by atoms with Gasteiger partial charge in [0, 0.05) is 0 Å². The molecule has 6 heteroatoms. The van der Waals surface area contributed by atoms with Crippen LogP contribution in [-0.4, -0.2) is 23.9 Å². The van der Waals surface area contributed by atoms with Crippen LogP contribution in [0.15, 0.2) is 24.3 Å². The van der Waals surface area contributed by atoms with Crippen molar-refractivity contribution in [2.24, 2.45) is 0 Å². The van der Waals surface area contributed by atoms with E-state index in [9.17, 15) is 0 Å². The molecule has 19 heavy (non-hydrogen) atoms. The first-order chi connectivity index (χ1) is 9.22. The summed E-state index contributed by atoms with van der Waals surface area (Å²) in [5, 5.41) is 8.89. The van der Waals surface area contributed by atoms with Gasteiger partial charge in [0.15, 0.2) is 10.8 Å². The number of ether oxygens (including phenoxy) is 2. The Morgan fingerprint density at radius 3 is 2.58 bits per heavy atom. The van der Waals surface area contributed by atoms with Gasteiger partial charge in [0.25, 0.3) is 0 Å². The molecule has 0 aliphatic carbocycles. The van der Waals surface area contributed by atoms with Crippen LogP contribution in [0.25, 0.3) is 11.8 Å². The number of methoxy groups -OCH3 is 1. The van der Waals surface area contributed by atoms with Crippen molar-refractivity contribution in [2.45, 2.75) is 6.92 Å². The summed E-state index contributed by atoms with van der Waals surface area (Å²) in [6.45, 7) is 2.48. The fourth-order valence-corrected chi connectivity index (χ4v) is 2.09. The second-order valence-corrected chi connectivity index (χ2v) is 4.67. The van der Waals surface area contributed by atoms with Crippen LogP contribution < -0.4 is 10.5 Å². The van der Waals surface area contributed by atoms with Crippen molar-refractivity contribution in [3.63, 3.8) is 0 Å². The van der Waals surface area contributed by atoms with Gasteiger partial charge in [-0.15, -0.1) is 10.2 Å². The fourth-order valence-electron chi connectivity index (χ4n) is 1.51. The Labute approximate surface area is 115 Å². The van der Waals surface area contributed by atoms with Crippen molar-refractivity contribution < 1.29 is 9.47 Å². The Balaban J connectivity index is 2.29. The third-order valence-electron chi connectivity index (χ3n) is 2.36. The number of hydrogen-bond acceptors (Lipinski definition) is 6. The van der Waals surface area contributed by atoms with Gasteiger partial charge in [0.2, 0.25) is 5.13 Å². The van der Waals surface area contributed by atoms with Crippen molar-refractivity contribution in [1.82, 2.24) is 10.2 Å². The second kappa shape index (κ2) is 6.19. The minimum absolute atomic E-state index is 0.426. The molecule has 5 nitrogen and oxygen atoms in total. The molecule has 2 aromatic rings. The minimum Gasteiger partial charge on any atom is -0.497 e. The van der Waals surface area contributed by atoms with Gasteiger partial charge in [0.1, 0.15) is 5.75 Å². The summed E-state index contributed by atoms with van der Waals surface area (Å²) in [5.41, 5.74) is 6.59. The highest BCUT2D eigenvalue weighted by molar-refractivity contribution is 7.16.